The number of hydrogen-bond acceptors (Lipinski definition) is 2. The highest BCUT2D eigenvalue weighted by Gasteiger charge is 2.44. The first-order chi connectivity index (χ1) is 9.28. The molecule has 0 amide bonds. The molecule has 1 aromatic carbocycles. The second-order valence-corrected chi connectivity index (χ2v) is 6.13. The standard InChI is InChI=1S/C17H24O2/c1-2-3-16-17(19-16)14-6-4-12(5-7-14)13-8-10-15(18)11-9-13/h8-12,14,16-18H,2-7H2,1H3/t12-,14-,16?,17?. The number of ether oxygens (including phenoxy) is 1. The van der Waals surface area contributed by atoms with E-state index in [1.807, 2.05) is 12.1 Å². The van der Waals surface area contributed by atoms with Gasteiger partial charge in [0, 0.05) is 0 Å². The highest BCUT2D eigenvalue weighted by molar-refractivity contribution is 5.28. The first-order valence-corrected chi connectivity index (χ1v) is 7.72. The van der Waals surface area contributed by atoms with Gasteiger partial charge < -0.3 is 9.84 Å². The van der Waals surface area contributed by atoms with Gasteiger partial charge in [0.15, 0.2) is 0 Å². The molecule has 2 unspecified atom stereocenters. The zero-order valence-electron chi connectivity index (χ0n) is 11.7. The highest BCUT2D eigenvalue weighted by Crippen LogP contribution is 2.44. The number of phenolic OH excluding ortho intramolecular Hbond substituents is 1. The van der Waals surface area contributed by atoms with Gasteiger partial charge in [-0.25, -0.2) is 0 Å². The number of phenols is 1. The lowest BCUT2D eigenvalue weighted by Gasteiger charge is -2.28. The summed E-state index contributed by atoms with van der Waals surface area (Å²) in [6.07, 6.45) is 8.77. The average molecular weight is 260 g/mol. The summed E-state index contributed by atoms with van der Waals surface area (Å²) in [7, 11) is 0. The van der Waals surface area contributed by atoms with Crippen molar-refractivity contribution in [1.82, 2.24) is 0 Å². The summed E-state index contributed by atoms with van der Waals surface area (Å²) in [6, 6.07) is 7.77. The number of epoxide rings is 1. The lowest BCUT2D eigenvalue weighted by molar-refractivity contribution is 0.248. The Balaban J connectivity index is 1.51. The maximum absolute atomic E-state index is 9.34. The third-order valence-corrected chi connectivity index (χ3v) is 4.80. The van der Waals surface area contributed by atoms with E-state index in [0.29, 0.717) is 23.9 Å². The van der Waals surface area contributed by atoms with Crippen molar-refractivity contribution >= 4 is 0 Å². The molecular formula is C17H24O2. The molecule has 0 radical (unpaired) electrons. The first kappa shape index (κ1) is 13.0. The van der Waals surface area contributed by atoms with Crippen LogP contribution in [-0.4, -0.2) is 17.3 Å². The largest absolute Gasteiger partial charge is 0.508 e. The van der Waals surface area contributed by atoms with Gasteiger partial charge in [-0.1, -0.05) is 25.5 Å². The maximum Gasteiger partial charge on any atom is 0.115 e. The fourth-order valence-electron chi connectivity index (χ4n) is 3.62. The van der Waals surface area contributed by atoms with Crippen molar-refractivity contribution in [2.75, 3.05) is 0 Å². The Hall–Kier alpha value is -1.02. The van der Waals surface area contributed by atoms with E-state index in [4.69, 9.17) is 4.74 Å². The van der Waals surface area contributed by atoms with Crippen molar-refractivity contribution in [3.63, 3.8) is 0 Å². The number of aromatic hydroxyl groups is 1. The van der Waals surface area contributed by atoms with Gasteiger partial charge in [-0.15, -0.1) is 0 Å². The Morgan fingerprint density at radius 1 is 1.11 bits per heavy atom. The van der Waals surface area contributed by atoms with E-state index in [-0.39, 0.29) is 0 Å². The summed E-state index contributed by atoms with van der Waals surface area (Å²) in [5, 5.41) is 9.34. The van der Waals surface area contributed by atoms with Gasteiger partial charge in [-0.05, 0) is 61.6 Å². The van der Waals surface area contributed by atoms with Crippen LogP contribution >= 0.6 is 0 Å². The normalized spacial score (nSPS) is 34.2. The molecule has 2 heteroatoms. The molecule has 2 fully saturated rings. The second kappa shape index (κ2) is 5.54. The molecular weight excluding hydrogens is 236 g/mol. The van der Waals surface area contributed by atoms with Crippen molar-refractivity contribution < 1.29 is 9.84 Å². The van der Waals surface area contributed by atoms with Crippen molar-refractivity contribution in [3.8, 4) is 5.75 Å². The molecule has 1 saturated heterocycles. The quantitative estimate of drug-likeness (QED) is 0.822. The van der Waals surface area contributed by atoms with E-state index in [1.54, 1.807) is 0 Å². The topological polar surface area (TPSA) is 32.8 Å². The van der Waals surface area contributed by atoms with Gasteiger partial charge >= 0.3 is 0 Å². The summed E-state index contributed by atoms with van der Waals surface area (Å²) in [4.78, 5) is 0. The molecule has 1 heterocycles. The molecule has 19 heavy (non-hydrogen) atoms. The molecule has 0 aromatic heterocycles. The van der Waals surface area contributed by atoms with Gasteiger partial charge in [0.1, 0.15) is 5.75 Å². The molecule has 3 rings (SSSR count). The molecule has 2 nitrogen and oxygen atoms in total. The van der Waals surface area contributed by atoms with Crippen LogP contribution in [0, 0.1) is 5.92 Å². The third-order valence-electron chi connectivity index (χ3n) is 4.80. The summed E-state index contributed by atoms with van der Waals surface area (Å²) < 4.78 is 5.82. The fraction of sp³-hybridized carbons (Fsp3) is 0.647. The van der Waals surface area contributed by atoms with Crippen LogP contribution in [0.4, 0.5) is 0 Å². The van der Waals surface area contributed by atoms with Crippen LogP contribution in [0.5, 0.6) is 5.75 Å². The van der Waals surface area contributed by atoms with E-state index < -0.39 is 0 Å². The maximum atomic E-state index is 9.34. The Morgan fingerprint density at radius 2 is 1.79 bits per heavy atom. The minimum absolute atomic E-state index is 0.367. The number of rotatable bonds is 4. The lowest BCUT2D eigenvalue weighted by Crippen LogP contribution is -2.19. The summed E-state index contributed by atoms with van der Waals surface area (Å²) in [5.74, 6) is 1.84. The van der Waals surface area contributed by atoms with E-state index in [1.165, 1.54) is 44.1 Å². The van der Waals surface area contributed by atoms with Crippen LogP contribution in [0.15, 0.2) is 24.3 Å². The fourth-order valence-corrected chi connectivity index (χ4v) is 3.62. The molecule has 1 N–H and O–H groups in total. The molecule has 104 valence electrons. The molecule has 1 aliphatic carbocycles. The van der Waals surface area contributed by atoms with E-state index in [2.05, 4.69) is 19.1 Å². The molecule has 1 aromatic rings. The van der Waals surface area contributed by atoms with Gasteiger partial charge in [0.25, 0.3) is 0 Å². The highest BCUT2D eigenvalue weighted by atomic mass is 16.6. The third kappa shape index (κ3) is 2.94. The molecule has 0 bridgehead atoms. The van der Waals surface area contributed by atoms with Gasteiger partial charge in [-0.2, -0.15) is 0 Å². The van der Waals surface area contributed by atoms with Crippen molar-refractivity contribution in [2.45, 2.75) is 63.6 Å². The Kier molecular flexibility index (Phi) is 3.79. The average Bonchev–Trinajstić information content (AvgIpc) is 3.20. The number of hydrogen-bond donors (Lipinski definition) is 1. The van der Waals surface area contributed by atoms with Crippen molar-refractivity contribution in [3.05, 3.63) is 29.8 Å². The van der Waals surface area contributed by atoms with Gasteiger partial charge in [-0.3, -0.25) is 0 Å². The van der Waals surface area contributed by atoms with Crippen LogP contribution in [0.2, 0.25) is 0 Å². The summed E-state index contributed by atoms with van der Waals surface area (Å²) >= 11 is 0. The Bertz CT molecular complexity index is 404. The zero-order valence-corrected chi connectivity index (χ0v) is 11.7. The van der Waals surface area contributed by atoms with Crippen LogP contribution < -0.4 is 0 Å². The minimum Gasteiger partial charge on any atom is -0.508 e. The Morgan fingerprint density at radius 3 is 2.42 bits per heavy atom. The molecule has 1 saturated carbocycles. The zero-order chi connectivity index (χ0) is 13.2. The van der Waals surface area contributed by atoms with Gasteiger partial charge in [0.05, 0.1) is 12.2 Å². The van der Waals surface area contributed by atoms with Crippen LogP contribution in [0.3, 0.4) is 0 Å². The van der Waals surface area contributed by atoms with E-state index in [0.717, 1.165) is 5.92 Å². The van der Waals surface area contributed by atoms with Crippen molar-refractivity contribution in [1.29, 1.82) is 0 Å². The summed E-state index contributed by atoms with van der Waals surface area (Å²) in [5.41, 5.74) is 1.39. The molecule has 1 aliphatic heterocycles. The monoisotopic (exact) mass is 260 g/mol. The second-order valence-electron chi connectivity index (χ2n) is 6.13. The lowest BCUT2D eigenvalue weighted by atomic mass is 9.77. The van der Waals surface area contributed by atoms with E-state index >= 15 is 0 Å². The molecule has 0 spiro atoms. The van der Waals surface area contributed by atoms with Crippen LogP contribution in [-0.2, 0) is 4.74 Å². The van der Waals surface area contributed by atoms with Crippen molar-refractivity contribution in [2.24, 2.45) is 5.92 Å². The predicted octanol–water partition coefficient (Wildman–Crippen LogP) is 4.23. The minimum atomic E-state index is 0.367. The van der Waals surface area contributed by atoms with Crippen LogP contribution in [0.1, 0.15) is 56.9 Å². The van der Waals surface area contributed by atoms with E-state index in [9.17, 15) is 5.11 Å². The smallest absolute Gasteiger partial charge is 0.115 e. The Labute approximate surface area is 115 Å². The van der Waals surface area contributed by atoms with Gasteiger partial charge in [0.2, 0.25) is 0 Å². The van der Waals surface area contributed by atoms with Crippen LogP contribution in [0.25, 0.3) is 0 Å². The molecule has 2 atom stereocenters. The molecule has 2 aliphatic rings. The number of benzene rings is 1. The first-order valence-electron chi connectivity index (χ1n) is 7.72. The predicted molar refractivity (Wildman–Crippen MR) is 76.4 cm³/mol. The summed E-state index contributed by atoms with van der Waals surface area (Å²) in [6.45, 7) is 2.24. The SMILES string of the molecule is CCCC1OC1[C@H]1CC[C@H](c2ccc(O)cc2)CC1.